The molecule has 0 aromatic heterocycles. The first-order valence-corrected chi connectivity index (χ1v) is 4.38. The van der Waals surface area contributed by atoms with Gasteiger partial charge in [0.25, 0.3) is 0 Å². The van der Waals surface area contributed by atoms with E-state index in [1.165, 1.54) is 7.11 Å². The van der Waals surface area contributed by atoms with Crippen LogP contribution in [-0.4, -0.2) is 30.9 Å². The summed E-state index contributed by atoms with van der Waals surface area (Å²) in [5, 5.41) is 8.70. The summed E-state index contributed by atoms with van der Waals surface area (Å²) in [5.41, 5.74) is 0. The van der Waals surface area contributed by atoms with Crippen molar-refractivity contribution < 1.29 is 28.2 Å². The molecule has 16 heavy (non-hydrogen) atoms. The van der Waals surface area contributed by atoms with Crippen molar-refractivity contribution in [2.75, 3.05) is 13.7 Å². The van der Waals surface area contributed by atoms with Gasteiger partial charge in [0.2, 0.25) is 6.10 Å². The first kappa shape index (κ1) is 12.4. The molecule has 0 amide bonds. The topological polar surface area (TPSA) is 55.8 Å². The van der Waals surface area contributed by atoms with Gasteiger partial charge in [-0.1, -0.05) is 0 Å². The number of rotatable bonds is 5. The second kappa shape index (κ2) is 5.41. The lowest BCUT2D eigenvalue weighted by atomic mass is 10.3. The maximum absolute atomic E-state index is 13.1. The van der Waals surface area contributed by atoms with Crippen molar-refractivity contribution in [1.29, 1.82) is 0 Å². The van der Waals surface area contributed by atoms with Crippen LogP contribution in [0.3, 0.4) is 0 Å². The number of methoxy groups -OCH3 is 1. The van der Waals surface area contributed by atoms with E-state index >= 15 is 0 Å². The van der Waals surface area contributed by atoms with Crippen molar-refractivity contribution in [2.45, 2.75) is 6.10 Å². The van der Waals surface area contributed by atoms with Crippen molar-refractivity contribution in [3.8, 4) is 5.75 Å². The molecule has 0 fully saturated rings. The lowest BCUT2D eigenvalue weighted by molar-refractivity contribution is -0.147. The lowest BCUT2D eigenvalue weighted by Crippen LogP contribution is -2.31. The molecule has 88 valence electrons. The smallest absolute Gasteiger partial charge is 0.347 e. The maximum atomic E-state index is 13.1. The Hall–Kier alpha value is -1.69. The van der Waals surface area contributed by atoms with Crippen molar-refractivity contribution >= 4 is 5.97 Å². The summed E-state index contributed by atoms with van der Waals surface area (Å²) < 4.78 is 35.2. The van der Waals surface area contributed by atoms with Crippen LogP contribution in [0.25, 0.3) is 0 Å². The number of carboxylic acid groups (broad SMARTS) is 1. The van der Waals surface area contributed by atoms with E-state index in [1.807, 2.05) is 0 Å². The minimum Gasteiger partial charge on any atom is -0.478 e. The monoisotopic (exact) mass is 232 g/mol. The molecule has 0 heterocycles. The quantitative estimate of drug-likeness (QED) is 0.834. The molecule has 1 aromatic rings. The molecule has 1 N–H and O–H groups in total. The van der Waals surface area contributed by atoms with Gasteiger partial charge in [0.05, 0.1) is 6.61 Å². The van der Waals surface area contributed by atoms with E-state index in [4.69, 9.17) is 9.84 Å². The fourth-order valence-electron chi connectivity index (χ4n) is 1.03. The first-order chi connectivity index (χ1) is 7.54. The fraction of sp³-hybridized carbons (Fsp3) is 0.300. The Morgan fingerprint density at radius 2 is 2.19 bits per heavy atom. The highest BCUT2D eigenvalue weighted by Gasteiger charge is 2.21. The molecule has 0 aliphatic heterocycles. The van der Waals surface area contributed by atoms with E-state index < -0.39 is 29.5 Å². The Labute approximate surface area is 90.4 Å². The summed E-state index contributed by atoms with van der Waals surface area (Å²) in [6, 6.07) is 2.55. The van der Waals surface area contributed by atoms with Gasteiger partial charge < -0.3 is 14.6 Å². The van der Waals surface area contributed by atoms with Gasteiger partial charge in [0.15, 0.2) is 11.6 Å². The van der Waals surface area contributed by atoms with Gasteiger partial charge >= 0.3 is 5.97 Å². The maximum Gasteiger partial charge on any atom is 0.347 e. The van der Waals surface area contributed by atoms with E-state index in [9.17, 15) is 13.6 Å². The number of carboxylic acids is 1. The van der Waals surface area contributed by atoms with Crippen LogP contribution in [0.1, 0.15) is 0 Å². The van der Waals surface area contributed by atoms with Gasteiger partial charge in [0, 0.05) is 13.2 Å². The second-order valence-corrected chi connectivity index (χ2v) is 2.97. The van der Waals surface area contributed by atoms with E-state index in [2.05, 4.69) is 4.74 Å². The predicted molar refractivity (Wildman–Crippen MR) is 50.3 cm³/mol. The van der Waals surface area contributed by atoms with Crippen LogP contribution in [0.15, 0.2) is 18.2 Å². The van der Waals surface area contributed by atoms with Crippen LogP contribution >= 0.6 is 0 Å². The zero-order valence-corrected chi connectivity index (χ0v) is 8.44. The molecule has 0 saturated carbocycles. The molecule has 0 radical (unpaired) electrons. The van der Waals surface area contributed by atoms with Crippen LogP contribution in [0.2, 0.25) is 0 Å². The van der Waals surface area contributed by atoms with Crippen molar-refractivity contribution in [2.24, 2.45) is 0 Å². The third-order valence-corrected chi connectivity index (χ3v) is 1.76. The highest BCUT2D eigenvalue weighted by Crippen LogP contribution is 2.19. The molecule has 0 saturated heterocycles. The van der Waals surface area contributed by atoms with Gasteiger partial charge in [-0.3, -0.25) is 0 Å². The molecular weight excluding hydrogens is 222 g/mol. The van der Waals surface area contributed by atoms with E-state index in [0.29, 0.717) is 0 Å². The minimum absolute atomic E-state index is 0.259. The molecule has 0 spiro atoms. The molecule has 1 atom stereocenters. The largest absolute Gasteiger partial charge is 0.478 e. The van der Waals surface area contributed by atoms with Gasteiger partial charge in [-0.15, -0.1) is 0 Å². The number of aliphatic carboxylic acids is 1. The third-order valence-electron chi connectivity index (χ3n) is 1.76. The number of halogens is 2. The molecule has 0 aliphatic carbocycles. The number of carbonyl (C=O) groups is 1. The van der Waals surface area contributed by atoms with Crippen molar-refractivity contribution in [3.05, 3.63) is 29.8 Å². The number of hydrogen-bond acceptors (Lipinski definition) is 3. The normalized spacial score (nSPS) is 12.2. The average molecular weight is 232 g/mol. The number of ether oxygens (including phenoxy) is 2. The van der Waals surface area contributed by atoms with Crippen LogP contribution < -0.4 is 4.74 Å². The average Bonchev–Trinajstić information content (AvgIpc) is 2.22. The first-order valence-electron chi connectivity index (χ1n) is 4.38. The summed E-state index contributed by atoms with van der Waals surface area (Å²) in [5.74, 6) is -3.31. The Morgan fingerprint density at radius 3 is 2.75 bits per heavy atom. The summed E-state index contributed by atoms with van der Waals surface area (Å²) in [7, 11) is 1.28. The van der Waals surface area contributed by atoms with E-state index in [0.717, 1.165) is 18.2 Å². The van der Waals surface area contributed by atoms with Gasteiger partial charge in [-0.05, 0) is 12.1 Å². The molecule has 4 nitrogen and oxygen atoms in total. The standard InChI is InChI=1S/C10H10F2O4/c1-15-5-9(10(13)14)16-8-4-6(11)2-3-7(8)12/h2-4,9H,5H2,1H3,(H,13,14). The Morgan fingerprint density at radius 1 is 1.50 bits per heavy atom. The van der Waals surface area contributed by atoms with Crippen molar-refractivity contribution in [1.82, 2.24) is 0 Å². The van der Waals surface area contributed by atoms with Gasteiger partial charge in [-0.25, -0.2) is 13.6 Å². The van der Waals surface area contributed by atoms with E-state index in [1.54, 1.807) is 0 Å². The number of benzene rings is 1. The molecule has 1 rings (SSSR count). The second-order valence-electron chi connectivity index (χ2n) is 2.97. The Balaban J connectivity index is 2.84. The SMILES string of the molecule is COCC(Oc1cc(F)ccc1F)C(=O)O. The highest BCUT2D eigenvalue weighted by atomic mass is 19.1. The summed E-state index contributed by atoms with van der Waals surface area (Å²) in [6.45, 7) is -0.259. The molecule has 6 heteroatoms. The van der Waals surface area contributed by atoms with Crippen molar-refractivity contribution in [3.63, 3.8) is 0 Å². The Kier molecular flexibility index (Phi) is 4.19. The summed E-state index contributed by atoms with van der Waals surface area (Å²) in [6.07, 6.45) is -1.37. The Bertz CT molecular complexity index is 381. The number of hydrogen-bond donors (Lipinski definition) is 1. The molecular formula is C10H10F2O4. The van der Waals surface area contributed by atoms with Gasteiger partial charge in [0.1, 0.15) is 5.82 Å². The summed E-state index contributed by atoms with van der Waals surface area (Å²) >= 11 is 0. The van der Waals surface area contributed by atoms with Crippen LogP contribution in [-0.2, 0) is 9.53 Å². The zero-order chi connectivity index (χ0) is 12.1. The predicted octanol–water partition coefficient (Wildman–Crippen LogP) is 1.44. The molecule has 1 unspecified atom stereocenters. The summed E-state index contributed by atoms with van der Waals surface area (Å²) in [4.78, 5) is 10.7. The minimum atomic E-state index is -1.37. The van der Waals surface area contributed by atoms with Crippen LogP contribution in [0, 0.1) is 11.6 Å². The van der Waals surface area contributed by atoms with Crippen LogP contribution in [0.5, 0.6) is 5.75 Å². The fourth-order valence-corrected chi connectivity index (χ4v) is 1.03. The third kappa shape index (κ3) is 3.16. The van der Waals surface area contributed by atoms with E-state index in [-0.39, 0.29) is 6.61 Å². The van der Waals surface area contributed by atoms with Crippen LogP contribution in [0.4, 0.5) is 8.78 Å². The highest BCUT2D eigenvalue weighted by molar-refractivity contribution is 5.72. The zero-order valence-electron chi connectivity index (χ0n) is 8.44. The van der Waals surface area contributed by atoms with Gasteiger partial charge in [-0.2, -0.15) is 0 Å². The molecule has 0 aliphatic rings. The molecule has 0 bridgehead atoms. The molecule has 1 aromatic carbocycles. The lowest BCUT2D eigenvalue weighted by Gasteiger charge is -2.14.